The first-order valence-corrected chi connectivity index (χ1v) is 12.0. The molecule has 0 aliphatic rings. The number of rotatable bonds is 10. The van der Waals surface area contributed by atoms with Crippen molar-refractivity contribution in [1.29, 1.82) is 0 Å². The normalized spacial score (nSPS) is 11.1. The van der Waals surface area contributed by atoms with Crippen molar-refractivity contribution in [3.63, 3.8) is 0 Å². The molecule has 0 fully saturated rings. The van der Waals surface area contributed by atoms with Gasteiger partial charge in [0.25, 0.3) is 0 Å². The molecule has 5 nitrogen and oxygen atoms in total. The molecule has 0 bridgehead atoms. The number of aromatic nitrogens is 2. The zero-order valence-corrected chi connectivity index (χ0v) is 20.5. The number of benzene rings is 3. The fourth-order valence-electron chi connectivity index (χ4n) is 4.12. The predicted octanol–water partition coefficient (Wildman–Crippen LogP) is 6.66. The lowest BCUT2D eigenvalue weighted by Crippen LogP contribution is -2.13. The molecular weight excluding hydrogens is 422 g/mol. The van der Waals surface area contributed by atoms with Gasteiger partial charge in [-0.2, -0.15) is 0 Å². The highest BCUT2D eigenvalue weighted by Gasteiger charge is 2.16. The Morgan fingerprint density at radius 2 is 1.59 bits per heavy atom. The molecule has 176 valence electrons. The summed E-state index contributed by atoms with van der Waals surface area (Å²) in [6.07, 6.45) is 1.97. The second kappa shape index (κ2) is 11.1. The van der Waals surface area contributed by atoms with E-state index in [9.17, 15) is 0 Å². The summed E-state index contributed by atoms with van der Waals surface area (Å²) >= 11 is 0. The maximum Gasteiger partial charge on any atom is 0.248 e. The van der Waals surface area contributed by atoms with Gasteiger partial charge in [0.05, 0.1) is 0 Å². The molecule has 3 aromatic carbocycles. The van der Waals surface area contributed by atoms with Gasteiger partial charge in [0.2, 0.25) is 11.8 Å². The third-order valence-electron chi connectivity index (χ3n) is 5.77. The molecule has 0 amide bonds. The fourth-order valence-corrected chi connectivity index (χ4v) is 4.12. The predicted molar refractivity (Wildman–Crippen MR) is 137 cm³/mol. The van der Waals surface area contributed by atoms with Gasteiger partial charge in [-0.15, -0.1) is 10.2 Å². The molecule has 0 atom stereocenters. The summed E-state index contributed by atoms with van der Waals surface area (Å²) in [5, 5.41) is 12.2. The summed E-state index contributed by atoms with van der Waals surface area (Å²) in [5.74, 6) is 1.99. The lowest BCUT2D eigenvalue weighted by Gasteiger charge is -2.14. The van der Waals surface area contributed by atoms with E-state index in [1.807, 2.05) is 18.2 Å². The van der Waals surface area contributed by atoms with Crippen LogP contribution in [0.4, 0.5) is 0 Å². The molecule has 0 aliphatic carbocycles. The Morgan fingerprint density at radius 3 is 2.29 bits per heavy atom. The van der Waals surface area contributed by atoms with E-state index in [0.717, 1.165) is 59.5 Å². The van der Waals surface area contributed by atoms with Crippen LogP contribution in [0, 0.1) is 13.8 Å². The molecule has 0 unspecified atom stereocenters. The minimum absolute atomic E-state index is 0.523. The fraction of sp³-hybridized carbons (Fsp3) is 0.310. The zero-order chi connectivity index (χ0) is 23.9. The average Bonchev–Trinajstić information content (AvgIpc) is 3.34. The minimum Gasteiger partial charge on any atom is -0.488 e. The molecule has 0 saturated carbocycles. The molecule has 0 aliphatic heterocycles. The van der Waals surface area contributed by atoms with E-state index in [-0.39, 0.29) is 0 Å². The van der Waals surface area contributed by atoms with E-state index in [2.05, 4.69) is 85.7 Å². The Labute approximate surface area is 202 Å². The van der Waals surface area contributed by atoms with Crippen molar-refractivity contribution >= 4 is 0 Å². The number of nitrogens with zero attached hydrogens (tertiary/aromatic N) is 2. The summed E-state index contributed by atoms with van der Waals surface area (Å²) < 4.78 is 12.3. The van der Waals surface area contributed by atoms with Crippen molar-refractivity contribution < 1.29 is 9.15 Å². The van der Waals surface area contributed by atoms with Crippen LogP contribution in [-0.2, 0) is 19.6 Å². The minimum atomic E-state index is 0.523. The number of hydrogen-bond acceptors (Lipinski definition) is 5. The van der Waals surface area contributed by atoms with Crippen molar-refractivity contribution in [2.75, 3.05) is 6.54 Å². The number of aryl methyl sites for hydroxylation is 3. The van der Waals surface area contributed by atoms with E-state index < -0.39 is 0 Å². The summed E-state index contributed by atoms with van der Waals surface area (Å²) in [4.78, 5) is 0. The summed E-state index contributed by atoms with van der Waals surface area (Å²) in [7, 11) is 0. The van der Waals surface area contributed by atoms with Crippen LogP contribution in [-0.4, -0.2) is 16.7 Å². The van der Waals surface area contributed by atoms with Crippen LogP contribution in [0.15, 0.2) is 65.1 Å². The highest BCUT2D eigenvalue weighted by molar-refractivity contribution is 5.63. The maximum atomic E-state index is 6.20. The maximum absolute atomic E-state index is 6.20. The monoisotopic (exact) mass is 455 g/mol. The van der Waals surface area contributed by atoms with E-state index >= 15 is 0 Å². The Bertz CT molecular complexity index is 1230. The third-order valence-corrected chi connectivity index (χ3v) is 5.77. The van der Waals surface area contributed by atoms with Crippen LogP contribution >= 0.6 is 0 Å². The first kappa shape index (κ1) is 23.7. The van der Waals surface area contributed by atoms with E-state index in [0.29, 0.717) is 18.4 Å². The summed E-state index contributed by atoms with van der Waals surface area (Å²) in [6.45, 7) is 10.8. The van der Waals surface area contributed by atoms with Gasteiger partial charge < -0.3 is 14.5 Å². The van der Waals surface area contributed by atoms with Crippen LogP contribution in [0.2, 0.25) is 0 Å². The van der Waals surface area contributed by atoms with Crippen molar-refractivity contribution in [3.8, 4) is 28.7 Å². The van der Waals surface area contributed by atoms with E-state index in [1.54, 1.807) is 0 Å². The molecule has 1 N–H and O–H groups in total. The SMILES string of the molecule is CCCNCc1cc(C)cc(-c2nnc(-c3cc(C)c(OCc4ccccc4)c(CC)c3)o2)c1. The summed E-state index contributed by atoms with van der Waals surface area (Å²) in [6, 6.07) is 20.8. The van der Waals surface area contributed by atoms with Gasteiger partial charge in [-0.3, -0.25) is 0 Å². The van der Waals surface area contributed by atoms with Gasteiger partial charge in [0.1, 0.15) is 12.4 Å². The molecule has 5 heteroatoms. The second-order valence-corrected chi connectivity index (χ2v) is 8.71. The standard InChI is InChI=1S/C29H33N3O2/c1-5-12-30-18-23-13-20(3)14-25(16-23)28-31-32-29(34-28)26-15-21(4)27(24(6-2)17-26)33-19-22-10-8-7-9-11-22/h7-11,13-17,30H,5-6,12,18-19H2,1-4H3. The third kappa shape index (κ3) is 5.72. The molecule has 4 aromatic rings. The Kier molecular flexibility index (Phi) is 7.76. The van der Waals surface area contributed by atoms with Crippen LogP contribution in [0.3, 0.4) is 0 Å². The molecule has 0 spiro atoms. The van der Waals surface area contributed by atoms with Crippen LogP contribution in [0.5, 0.6) is 5.75 Å². The smallest absolute Gasteiger partial charge is 0.248 e. The lowest BCUT2D eigenvalue weighted by molar-refractivity contribution is 0.301. The van der Waals surface area contributed by atoms with Crippen LogP contribution in [0.25, 0.3) is 22.9 Å². The van der Waals surface area contributed by atoms with Gasteiger partial charge in [-0.1, -0.05) is 55.8 Å². The number of ether oxygens (including phenoxy) is 1. The van der Waals surface area contributed by atoms with Gasteiger partial charge in [0, 0.05) is 17.7 Å². The van der Waals surface area contributed by atoms with Crippen molar-refractivity contribution in [2.45, 2.75) is 53.7 Å². The molecule has 34 heavy (non-hydrogen) atoms. The largest absolute Gasteiger partial charge is 0.488 e. The number of hydrogen-bond donors (Lipinski definition) is 1. The Hall–Kier alpha value is -3.44. The van der Waals surface area contributed by atoms with Crippen LogP contribution in [0.1, 0.15) is 48.1 Å². The van der Waals surface area contributed by atoms with Gasteiger partial charge in [-0.05, 0) is 79.8 Å². The first-order chi connectivity index (χ1) is 16.6. The zero-order valence-electron chi connectivity index (χ0n) is 20.5. The van der Waals surface area contributed by atoms with Crippen LogP contribution < -0.4 is 10.1 Å². The van der Waals surface area contributed by atoms with E-state index in [4.69, 9.17) is 9.15 Å². The molecule has 0 saturated heterocycles. The highest BCUT2D eigenvalue weighted by atomic mass is 16.5. The number of nitrogens with one attached hydrogen (secondary N) is 1. The van der Waals surface area contributed by atoms with Crippen molar-refractivity contribution in [3.05, 3.63) is 88.5 Å². The van der Waals surface area contributed by atoms with Gasteiger partial charge in [0.15, 0.2) is 0 Å². The first-order valence-electron chi connectivity index (χ1n) is 12.0. The average molecular weight is 456 g/mol. The van der Waals surface area contributed by atoms with Gasteiger partial charge in [-0.25, -0.2) is 0 Å². The molecule has 4 rings (SSSR count). The molecule has 1 aromatic heterocycles. The quantitative estimate of drug-likeness (QED) is 0.271. The van der Waals surface area contributed by atoms with Gasteiger partial charge >= 0.3 is 0 Å². The highest BCUT2D eigenvalue weighted by Crippen LogP contribution is 2.32. The molecule has 0 radical (unpaired) electrons. The Morgan fingerprint density at radius 1 is 0.853 bits per heavy atom. The summed E-state index contributed by atoms with van der Waals surface area (Å²) in [5.41, 5.74) is 7.59. The topological polar surface area (TPSA) is 60.2 Å². The van der Waals surface area contributed by atoms with E-state index in [1.165, 1.54) is 11.1 Å². The molecule has 1 heterocycles. The second-order valence-electron chi connectivity index (χ2n) is 8.71. The lowest BCUT2D eigenvalue weighted by atomic mass is 10.0. The molecular formula is C29H33N3O2. The van der Waals surface area contributed by atoms with Crippen molar-refractivity contribution in [2.24, 2.45) is 0 Å². The van der Waals surface area contributed by atoms with Crippen molar-refractivity contribution in [1.82, 2.24) is 15.5 Å². The Balaban J connectivity index is 1.57.